The van der Waals surface area contributed by atoms with Crippen molar-refractivity contribution in [1.82, 2.24) is 5.32 Å². The number of nitrogens with one attached hydrogen (secondary N) is 1. The van der Waals surface area contributed by atoms with Crippen LogP contribution in [0.5, 0.6) is 11.5 Å². The van der Waals surface area contributed by atoms with Gasteiger partial charge in [0.1, 0.15) is 0 Å². The maximum Gasteiger partial charge on any atom is 0.339 e. The van der Waals surface area contributed by atoms with Gasteiger partial charge in [0.25, 0.3) is 5.91 Å². The molecule has 0 unspecified atom stereocenters. The number of hydrogen-bond donors (Lipinski definition) is 1. The van der Waals surface area contributed by atoms with Gasteiger partial charge in [0, 0.05) is 13.7 Å². The van der Waals surface area contributed by atoms with Crippen LogP contribution in [0.25, 0.3) is 0 Å². The normalized spacial score (nSPS) is 11.5. The minimum absolute atomic E-state index is 0.252. The van der Waals surface area contributed by atoms with E-state index in [-0.39, 0.29) is 5.56 Å². The SMILES string of the molecule is CCOc1cc(C(=O)O[C@@H](C)C(=O)NCCOC)cc(Br)c1OC. The number of ether oxygens (including phenoxy) is 4. The van der Waals surface area contributed by atoms with Crippen LogP contribution in [0.3, 0.4) is 0 Å². The Kier molecular flexibility index (Phi) is 8.56. The van der Waals surface area contributed by atoms with E-state index in [1.807, 2.05) is 6.92 Å². The number of carbonyl (C=O) groups is 2. The Balaban J connectivity index is 2.82. The van der Waals surface area contributed by atoms with Crippen LogP contribution in [0, 0.1) is 0 Å². The number of carbonyl (C=O) groups excluding carboxylic acids is 2. The molecule has 1 rings (SSSR count). The molecular formula is C16H22BrNO6. The van der Waals surface area contributed by atoms with Gasteiger partial charge in [0.15, 0.2) is 17.6 Å². The summed E-state index contributed by atoms with van der Waals surface area (Å²) in [5.41, 5.74) is 0.252. The molecule has 0 saturated heterocycles. The van der Waals surface area contributed by atoms with Gasteiger partial charge in [-0.05, 0) is 41.9 Å². The second kappa shape index (κ2) is 10.1. The van der Waals surface area contributed by atoms with Gasteiger partial charge in [-0.2, -0.15) is 0 Å². The van der Waals surface area contributed by atoms with Crippen LogP contribution in [0.4, 0.5) is 0 Å². The van der Waals surface area contributed by atoms with E-state index in [4.69, 9.17) is 18.9 Å². The van der Waals surface area contributed by atoms with E-state index >= 15 is 0 Å². The number of methoxy groups -OCH3 is 2. The first kappa shape index (κ1) is 20.2. The van der Waals surface area contributed by atoms with Crippen LogP contribution >= 0.6 is 15.9 Å². The van der Waals surface area contributed by atoms with E-state index in [0.717, 1.165) is 0 Å². The van der Waals surface area contributed by atoms with Crippen molar-refractivity contribution in [2.45, 2.75) is 20.0 Å². The lowest BCUT2D eigenvalue weighted by Crippen LogP contribution is -2.37. The molecule has 1 aromatic carbocycles. The molecule has 134 valence electrons. The monoisotopic (exact) mass is 403 g/mol. The fraction of sp³-hybridized carbons (Fsp3) is 0.500. The summed E-state index contributed by atoms with van der Waals surface area (Å²) in [6.07, 6.45) is -0.925. The van der Waals surface area contributed by atoms with Gasteiger partial charge in [-0.15, -0.1) is 0 Å². The van der Waals surface area contributed by atoms with Crippen LogP contribution in [-0.2, 0) is 14.3 Å². The Labute approximate surface area is 149 Å². The molecule has 0 bridgehead atoms. The van der Waals surface area contributed by atoms with Crippen molar-refractivity contribution in [2.75, 3.05) is 34.0 Å². The van der Waals surface area contributed by atoms with Crippen LogP contribution in [0.1, 0.15) is 24.2 Å². The minimum atomic E-state index is -0.925. The summed E-state index contributed by atoms with van der Waals surface area (Å²) in [6.45, 7) is 4.47. The molecule has 7 nitrogen and oxygen atoms in total. The predicted molar refractivity (Wildman–Crippen MR) is 91.6 cm³/mol. The molecule has 8 heteroatoms. The highest BCUT2D eigenvalue weighted by atomic mass is 79.9. The fourth-order valence-electron chi connectivity index (χ4n) is 1.85. The highest BCUT2D eigenvalue weighted by Gasteiger charge is 2.21. The number of halogens is 1. The van der Waals surface area contributed by atoms with Gasteiger partial charge in [-0.25, -0.2) is 4.79 Å². The largest absolute Gasteiger partial charge is 0.492 e. The number of esters is 1. The molecule has 0 radical (unpaired) electrons. The Bertz CT molecular complexity index is 578. The van der Waals surface area contributed by atoms with Gasteiger partial charge in [0.05, 0.1) is 30.4 Å². The third-order valence-electron chi connectivity index (χ3n) is 3.01. The molecule has 0 heterocycles. The number of amides is 1. The zero-order chi connectivity index (χ0) is 18.1. The number of rotatable bonds is 9. The maximum absolute atomic E-state index is 12.3. The third kappa shape index (κ3) is 5.68. The zero-order valence-electron chi connectivity index (χ0n) is 14.2. The zero-order valence-corrected chi connectivity index (χ0v) is 15.8. The van der Waals surface area contributed by atoms with Crippen molar-refractivity contribution in [2.24, 2.45) is 0 Å². The second-order valence-corrected chi connectivity index (χ2v) is 5.61. The molecule has 0 spiro atoms. The van der Waals surface area contributed by atoms with E-state index in [9.17, 15) is 9.59 Å². The van der Waals surface area contributed by atoms with E-state index in [0.29, 0.717) is 35.7 Å². The summed E-state index contributed by atoms with van der Waals surface area (Å²) in [6, 6.07) is 3.07. The topological polar surface area (TPSA) is 83.1 Å². The minimum Gasteiger partial charge on any atom is -0.492 e. The summed E-state index contributed by atoms with van der Waals surface area (Å²) in [7, 11) is 3.04. The molecule has 0 aliphatic rings. The van der Waals surface area contributed by atoms with E-state index in [1.165, 1.54) is 27.2 Å². The Morgan fingerprint density at radius 3 is 2.58 bits per heavy atom. The van der Waals surface area contributed by atoms with Crippen molar-refractivity contribution in [1.29, 1.82) is 0 Å². The summed E-state index contributed by atoms with van der Waals surface area (Å²) < 4.78 is 21.3. The highest BCUT2D eigenvalue weighted by Crippen LogP contribution is 2.36. The number of hydrogen-bond acceptors (Lipinski definition) is 6. The molecule has 0 saturated carbocycles. The molecule has 1 amide bonds. The molecule has 1 aromatic rings. The van der Waals surface area contributed by atoms with Gasteiger partial charge < -0.3 is 24.3 Å². The quantitative estimate of drug-likeness (QED) is 0.502. The first-order valence-electron chi connectivity index (χ1n) is 7.42. The molecule has 0 aliphatic carbocycles. The average molecular weight is 404 g/mol. The predicted octanol–water partition coefficient (Wildman–Crippen LogP) is 2.16. The molecular weight excluding hydrogens is 382 g/mol. The van der Waals surface area contributed by atoms with E-state index in [1.54, 1.807) is 6.07 Å². The Hall–Kier alpha value is -1.80. The molecule has 1 atom stereocenters. The van der Waals surface area contributed by atoms with Gasteiger partial charge in [-0.1, -0.05) is 0 Å². The molecule has 0 fully saturated rings. The van der Waals surface area contributed by atoms with Crippen molar-refractivity contribution in [3.05, 3.63) is 22.2 Å². The highest BCUT2D eigenvalue weighted by molar-refractivity contribution is 9.10. The second-order valence-electron chi connectivity index (χ2n) is 4.75. The maximum atomic E-state index is 12.3. The fourth-order valence-corrected chi connectivity index (χ4v) is 2.45. The third-order valence-corrected chi connectivity index (χ3v) is 3.60. The van der Waals surface area contributed by atoms with Crippen LogP contribution in [-0.4, -0.2) is 52.0 Å². The summed E-state index contributed by atoms with van der Waals surface area (Å²) in [5.74, 6) is -0.121. The molecule has 0 aliphatic heterocycles. The summed E-state index contributed by atoms with van der Waals surface area (Å²) in [4.78, 5) is 24.1. The van der Waals surface area contributed by atoms with Crippen molar-refractivity contribution in [3.8, 4) is 11.5 Å². The van der Waals surface area contributed by atoms with Crippen molar-refractivity contribution >= 4 is 27.8 Å². The number of benzene rings is 1. The Morgan fingerprint density at radius 1 is 1.29 bits per heavy atom. The lowest BCUT2D eigenvalue weighted by atomic mass is 10.2. The molecule has 24 heavy (non-hydrogen) atoms. The molecule has 0 aromatic heterocycles. The molecule has 1 N–H and O–H groups in total. The Morgan fingerprint density at radius 2 is 2.00 bits per heavy atom. The van der Waals surface area contributed by atoms with E-state index in [2.05, 4.69) is 21.2 Å². The lowest BCUT2D eigenvalue weighted by molar-refractivity contribution is -0.129. The van der Waals surface area contributed by atoms with Crippen LogP contribution < -0.4 is 14.8 Å². The van der Waals surface area contributed by atoms with Crippen LogP contribution in [0.2, 0.25) is 0 Å². The van der Waals surface area contributed by atoms with Crippen molar-refractivity contribution in [3.63, 3.8) is 0 Å². The van der Waals surface area contributed by atoms with Gasteiger partial charge >= 0.3 is 5.97 Å². The van der Waals surface area contributed by atoms with Gasteiger partial charge in [0.2, 0.25) is 0 Å². The van der Waals surface area contributed by atoms with Gasteiger partial charge in [-0.3, -0.25) is 4.79 Å². The van der Waals surface area contributed by atoms with E-state index < -0.39 is 18.0 Å². The van der Waals surface area contributed by atoms with Crippen molar-refractivity contribution < 1.29 is 28.5 Å². The summed E-state index contributed by atoms with van der Waals surface area (Å²) >= 11 is 3.33. The first-order valence-corrected chi connectivity index (χ1v) is 8.21. The first-order chi connectivity index (χ1) is 11.4. The lowest BCUT2D eigenvalue weighted by Gasteiger charge is -2.15. The van der Waals surface area contributed by atoms with Crippen LogP contribution in [0.15, 0.2) is 16.6 Å². The smallest absolute Gasteiger partial charge is 0.339 e. The summed E-state index contributed by atoms with van der Waals surface area (Å²) in [5, 5.41) is 2.61. The average Bonchev–Trinajstić information content (AvgIpc) is 2.54. The standard InChI is InChI=1S/C16H22BrNO6/c1-5-23-13-9-11(8-12(17)14(13)22-4)16(20)24-10(2)15(19)18-6-7-21-3/h8-10H,5-7H2,1-4H3,(H,18,19)/t10-/m0/s1.